The van der Waals surface area contributed by atoms with Gasteiger partial charge in [0.25, 0.3) is 5.91 Å². The third kappa shape index (κ3) is 3.00. The van der Waals surface area contributed by atoms with Gasteiger partial charge in [-0.1, -0.05) is 25.5 Å². The molecular formula is C15H21BrN2O. The topological polar surface area (TPSA) is 46.3 Å². The van der Waals surface area contributed by atoms with Gasteiger partial charge in [-0.05, 0) is 46.8 Å². The third-order valence-corrected chi connectivity index (χ3v) is 5.08. The molecule has 1 saturated heterocycles. The molecule has 0 saturated carbocycles. The van der Waals surface area contributed by atoms with Crippen molar-refractivity contribution in [3.05, 3.63) is 33.8 Å². The summed E-state index contributed by atoms with van der Waals surface area (Å²) in [7, 11) is 0. The molecule has 104 valence electrons. The number of likely N-dealkylation sites (tertiary alicyclic amines) is 1. The molecule has 0 radical (unpaired) electrons. The molecule has 19 heavy (non-hydrogen) atoms. The van der Waals surface area contributed by atoms with Gasteiger partial charge in [-0.2, -0.15) is 0 Å². The van der Waals surface area contributed by atoms with E-state index in [1.54, 1.807) is 0 Å². The first-order chi connectivity index (χ1) is 9.04. The number of hydrogen-bond donors (Lipinski definition) is 1. The molecule has 3 nitrogen and oxygen atoms in total. The minimum Gasteiger partial charge on any atom is -0.338 e. The number of rotatable bonds is 2. The van der Waals surface area contributed by atoms with Gasteiger partial charge in [0, 0.05) is 23.6 Å². The normalized spacial score (nSPS) is 23.5. The van der Waals surface area contributed by atoms with Crippen molar-refractivity contribution >= 4 is 21.8 Å². The van der Waals surface area contributed by atoms with Crippen molar-refractivity contribution in [3.63, 3.8) is 0 Å². The monoisotopic (exact) mass is 324 g/mol. The smallest absolute Gasteiger partial charge is 0.255 e. The molecule has 2 N–H and O–H groups in total. The first-order valence-corrected chi connectivity index (χ1v) is 7.63. The van der Waals surface area contributed by atoms with Crippen LogP contribution < -0.4 is 5.73 Å². The molecule has 1 heterocycles. The summed E-state index contributed by atoms with van der Waals surface area (Å²) in [6, 6.07) is 6.05. The van der Waals surface area contributed by atoms with Crippen LogP contribution in [0.25, 0.3) is 0 Å². The van der Waals surface area contributed by atoms with Crippen molar-refractivity contribution < 1.29 is 4.79 Å². The molecule has 1 fully saturated rings. The fourth-order valence-electron chi connectivity index (χ4n) is 2.65. The number of hydrogen-bond acceptors (Lipinski definition) is 2. The molecule has 2 unspecified atom stereocenters. The van der Waals surface area contributed by atoms with Gasteiger partial charge in [-0.3, -0.25) is 4.79 Å². The number of benzene rings is 1. The first-order valence-electron chi connectivity index (χ1n) is 6.84. The maximum absolute atomic E-state index is 12.6. The zero-order chi connectivity index (χ0) is 14.0. The average Bonchev–Trinajstić information content (AvgIpc) is 2.41. The van der Waals surface area contributed by atoms with Crippen LogP contribution in [0.2, 0.25) is 0 Å². The predicted molar refractivity (Wildman–Crippen MR) is 81.2 cm³/mol. The quantitative estimate of drug-likeness (QED) is 0.909. The number of piperidine rings is 1. The molecule has 0 aliphatic carbocycles. The predicted octanol–water partition coefficient (Wildman–Crippen LogP) is 2.96. The van der Waals surface area contributed by atoms with Crippen LogP contribution in [0.3, 0.4) is 0 Å². The van der Waals surface area contributed by atoms with Crippen molar-refractivity contribution in [3.8, 4) is 0 Å². The van der Waals surface area contributed by atoms with Gasteiger partial charge in [0.1, 0.15) is 0 Å². The second-order valence-electron chi connectivity index (χ2n) is 5.31. The third-order valence-electron chi connectivity index (χ3n) is 4.03. The van der Waals surface area contributed by atoms with Crippen molar-refractivity contribution in [1.29, 1.82) is 0 Å². The minimum atomic E-state index is 0.112. The summed E-state index contributed by atoms with van der Waals surface area (Å²) in [6.07, 6.45) is 1.92. The van der Waals surface area contributed by atoms with E-state index < -0.39 is 0 Å². The second-order valence-corrected chi connectivity index (χ2v) is 6.10. The minimum absolute atomic E-state index is 0.112. The molecule has 2 rings (SSSR count). The molecule has 1 amide bonds. The Morgan fingerprint density at radius 1 is 1.53 bits per heavy atom. The Bertz CT molecular complexity index is 475. The fraction of sp³-hybridized carbons (Fsp3) is 0.533. The van der Waals surface area contributed by atoms with Gasteiger partial charge >= 0.3 is 0 Å². The van der Waals surface area contributed by atoms with Crippen molar-refractivity contribution in [2.45, 2.75) is 32.7 Å². The highest BCUT2D eigenvalue weighted by Gasteiger charge is 2.29. The lowest BCUT2D eigenvalue weighted by molar-refractivity contribution is 0.0648. The number of carbonyl (C=O) groups is 1. The van der Waals surface area contributed by atoms with Gasteiger partial charge in [-0.25, -0.2) is 0 Å². The average molecular weight is 325 g/mol. The molecule has 1 aliphatic rings. The van der Waals surface area contributed by atoms with Crippen LogP contribution >= 0.6 is 15.9 Å². The largest absolute Gasteiger partial charge is 0.338 e. The number of carbonyl (C=O) groups excluding carboxylic acids is 1. The lowest BCUT2D eigenvalue weighted by Crippen LogP contribution is -2.49. The van der Waals surface area contributed by atoms with Gasteiger partial charge in [-0.15, -0.1) is 0 Å². The number of amides is 1. The summed E-state index contributed by atoms with van der Waals surface area (Å²) >= 11 is 3.52. The summed E-state index contributed by atoms with van der Waals surface area (Å²) in [4.78, 5) is 14.5. The van der Waals surface area contributed by atoms with Crippen LogP contribution in [0.5, 0.6) is 0 Å². The van der Waals surface area contributed by atoms with Crippen molar-refractivity contribution in [2.24, 2.45) is 11.7 Å². The van der Waals surface area contributed by atoms with Crippen LogP contribution in [0.1, 0.15) is 35.7 Å². The molecule has 0 bridgehead atoms. The van der Waals surface area contributed by atoms with E-state index in [9.17, 15) is 4.79 Å². The molecule has 0 aromatic heterocycles. The summed E-state index contributed by atoms with van der Waals surface area (Å²) in [5, 5.41) is 0. The molecule has 1 aromatic carbocycles. The van der Waals surface area contributed by atoms with Gasteiger partial charge in [0.15, 0.2) is 0 Å². The highest BCUT2D eigenvalue weighted by molar-refractivity contribution is 9.10. The van der Waals surface area contributed by atoms with E-state index >= 15 is 0 Å². The SMILES string of the molecule is CCC1CN(C(=O)c2cccc(C)c2Br)CCC1N. The Balaban J connectivity index is 2.18. The number of nitrogens with zero attached hydrogens (tertiary/aromatic N) is 1. The Morgan fingerprint density at radius 3 is 2.95 bits per heavy atom. The van der Waals surface area contributed by atoms with E-state index in [2.05, 4.69) is 22.9 Å². The highest BCUT2D eigenvalue weighted by atomic mass is 79.9. The van der Waals surface area contributed by atoms with Crippen LogP contribution in [0.4, 0.5) is 0 Å². The first kappa shape index (κ1) is 14.5. The zero-order valence-electron chi connectivity index (χ0n) is 11.5. The number of halogens is 1. The number of aryl methyl sites for hydroxylation is 1. The Labute approximate surface area is 123 Å². The van der Waals surface area contributed by atoms with Crippen molar-refractivity contribution in [2.75, 3.05) is 13.1 Å². The Morgan fingerprint density at radius 2 is 2.26 bits per heavy atom. The van der Waals surface area contributed by atoms with Gasteiger partial charge < -0.3 is 10.6 Å². The molecule has 1 aromatic rings. The van der Waals surface area contributed by atoms with Gasteiger partial charge in [0.05, 0.1) is 5.56 Å². The van der Waals surface area contributed by atoms with E-state index in [0.29, 0.717) is 5.92 Å². The van der Waals surface area contributed by atoms with Crippen LogP contribution in [-0.2, 0) is 0 Å². The summed E-state index contributed by atoms with van der Waals surface area (Å²) < 4.78 is 0.905. The maximum Gasteiger partial charge on any atom is 0.255 e. The molecule has 1 aliphatic heterocycles. The lowest BCUT2D eigenvalue weighted by Gasteiger charge is -2.36. The summed E-state index contributed by atoms with van der Waals surface area (Å²) in [6.45, 7) is 5.68. The van der Waals surface area contributed by atoms with Crippen LogP contribution in [0.15, 0.2) is 22.7 Å². The van der Waals surface area contributed by atoms with Crippen molar-refractivity contribution in [1.82, 2.24) is 4.90 Å². The Hall–Kier alpha value is -0.870. The fourth-order valence-corrected chi connectivity index (χ4v) is 3.08. The summed E-state index contributed by atoms with van der Waals surface area (Å²) in [5.41, 5.74) is 7.94. The standard InChI is InChI=1S/C15H21BrN2O/c1-3-11-9-18(8-7-13(11)17)15(19)12-6-4-5-10(2)14(12)16/h4-6,11,13H,3,7-9,17H2,1-2H3. The number of nitrogens with two attached hydrogens (primary N) is 1. The second kappa shape index (κ2) is 6.06. The molecular weight excluding hydrogens is 304 g/mol. The molecule has 2 atom stereocenters. The zero-order valence-corrected chi connectivity index (χ0v) is 13.1. The molecule has 4 heteroatoms. The highest BCUT2D eigenvalue weighted by Crippen LogP contribution is 2.25. The summed E-state index contributed by atoms with van der Waals surface area (Å²) in [5.74, 6) is 0.530. The van der Waals surface area contributed by atoms with E-state index in [1.165, 1.54) is 0 Å². The van der Waals surface area contributed by atoms with Gasteiger partial charge in [0.2, 0.25) is 0 Å². The van der Waals surface area contributed by atoms with Crippen LogP contribution in [0, 0.1) is 12.8 Å². The lowest BCUT2D eigenvalue weighted by atomic mass is 9.90. The molecule has 0 spiro atoms. The van der Waals surface area contributed by atoms with E-state index in [0.717, 1.165) is 41.5 Å². The Kier molecular flexibility index (Phi) is 4.63. The van der Waals surface area contributed by atoms with E-state index in [4.69, 9.17) is 5.73 Å². The van der Waals surface area contributed by atoms with E-state index in [-0.39, 0.29) is 11.9 Å². The maximum atomic E-state index is 12.6. The van der Waals surface area contributed by atoms with Crippen LogP contribution in [-0.4, -0.2) is 29.9 Å². The van der Waals surface area contributed by atoms with E-state index in [1.807, 2.05) is 30.0 Å².